The van der Waals surface area contributed by atoms with Crippen molar-refractivity contribution < 1.29 is 9.15 Å². The fraction of sp³-hybridized carbons (Fsp3) is 0.188. The zero-order valence-corrected chi connectivity index (χ0v) is 11.8. The highest BCUT2D eigenvalue weighted by Crippen LogP contribution is 2.33. The van der Waals surface area contributed by atoms with Gasteiger partial charge in [-0.25, -0.2) is 0 Å². The van der Waals surface area contributed by atoms with Gasteiger partial charge in [-0.15, -0.1) is 11.3 Å². The molecular weight excluding hydrogens is 270 g/mol. The molecule has 0 amide bonds. The van der Waals surface area contributed by atoms with Crippen molar-refractivity contribution in [3.05, 3.63) is 52.9 Å². The molecule has 2 aromatic heterocycles. The maximum Gasteiger partial charge on any atom is 0.175 e. The van der Waals surface area contributed by atoms with Crippen molar-refractivity contribution in [3.63, 3.8) is 0 Å². The first kappa shape index (κ1) is 12.9. The van der Waals surface area contributed by atoms with Crippen LogP contribution in [0.5, 0.6) is 5.75 Å². The molecule has 1 aromatic carbocycles. The van der Waals surface area contributed by atoms with Gasteiger partial charge in [-0.05, 0) is 30.3 Å². The summed E-state index contributed by atoms with van der Waals surface area (Å²) in [6.45, 7) is 4.22. The number of para-hydroxylation sites is 1. The minimum absolute atomic E-state index is 0.0174. The molecule has 0 aliphatic heterocycles. The Morgan fingerprint density at radius 2 is 2.20 bits per heavy atom. The first-order valence-electron chi connectivity index (χ1n) is 6.47. The molecule has 0 spiro atoms. The van der Waals surface area contributed by atoms with Crippen LogP contribution in [-0.2, 0) is 0 Å². The van der Waals surface area contributed by atoms with Crippen LogP contribution in [0.25, 0.3) is 11.0 Å². The predicted molar refractivity (Wildman–Crippen MR) is 82.9 cm³/mol. The molecule has 0 saturated heterocycles. The van der Waals surface area contributed by atoms with Gasteiger partial charge < -0.3 is 14.1 Å². The topological polar surface area (TPSA) is 34.7 Å². The fourth-order valence-electron chi connectivity index (χ4n) is 2.15. The second-order valence-corrected chi connectivity index (χ2v) is 5.43. The summed E-state index contributed by atoms with van der Waals surface area (Å²) in [5, 5.41) is 3.11. The van der Waals surface area contributed by atoms with Gasteiger partial charge in [-0.3, -0.25) is 0 Å². The van der Waals surface area contributed by atoms with Gasteiger partial charge in [0, 0.05) is 23.2 Å². The molecular formula is C16H15NO2S. The lowest BCUT2D eigenvalue weighted by atomic mass is 10.2. The summed E-state index contributed by atoms with van der Waals surface area (Å²) in [6.07, 6.45) is 2.47. The standard InChI is InChI=1S/C16H15NO2S/c1-17-9-7-13(15-6-3-11-20-15)19-14-5-2-4-12-8-10-18-16(12)14/h2-6,8,10-11,13H,1,7,9H2. The molecule has 0 aliphatic rings. The summed E-state index contributed by atoms with van der Waals surface area (Å²) < 4.78 is 11.7. The number of thiophene rings is 1. The minimum atomic E-state index is -0.0174. The lowest BCUT2D eigenvalue weighted by Gasteiger charge is -2.17. The van der Waals surface area contributed by atoms with E-state index in [1.54, 1.807) is 17.6 Å². The molecule has 0 fully saturated rings. The maximum atomic E-state index is 6.16. The molecule has 0 N–H and O–H groups in total. The first-order chi connectivity index (χ1) is 9.88. The highest BCUT2D eigenvalue weighted by molar-refractivity contribution is 7.10. The molecule has 20 heavy (non-hydrogen) atoms. The Morgan fingerprint density at radius 3 is 3.00 bits per heavy atom. The van der Waals surface area contributed by atoms with Crippen LogP contribution >= 0.6 is 11.3 Å². The summed E-state index contributed by atoms with van der Waals surface area (Å²) in [6, 6.07) is 12.0. The van der Waals surface area contributed by atoms with Crippen molar-refractivity contribution >= 4 is 29.0 Å². The van der Waals surface area contributed by atoms with E-state index in [1.165, 1.54) is 4.88 Å². The molecule has 3 aromatic rings. The van der Waals surface area contributed by atoms with Gasteiger partial charge >= 0.3 is 0 Å². The Morgan fingerprint density at radius 1 is 1.25 bits per heavy atom. The number of benzene rings is 1. The van der Waals surface area contributed by atoms with Gasteiger partial charge in [-0.2, -0.15) is 0 Å². The SMILES string of the molecule is C=NCCC(Oc1cccc2ccoc12)c1cccs1. The van der Waals surface area contributed by atoms with Gasteiger partial charge in [0.2, 0.25) is 0 Å². The molecule has 0 radical (unpaired) electrons. The van der Waals surface area contributed by atoms with E-state index in [1.807, 2.05) is 30.3 Å². The Labute approximate surface area is 121 Å². The predicted octanol–water partition coefficient (Wildman–Crippen LogP) is 4.71. The van der Waals surface area contributed by atoms with E-state index in [4.69, 9.17) is 9.15 Å². The Hall–Kier alpha value is -2.07. The average Bonchev–Trinajstić information content (AvgIpc) is 3.14. The first-order valence-corrected chi connectivity index (χ1v) is 7.35. The minimum Gasteiger partial charge on any atom is -0.481 e. The molecule has 4 heteroatoms. The molecule has 1 atom stereocenters. The fourth-order valence-corrected chi connectivity index (χ4v) is 2.94. The number of hydrogen-bond acceptors (Lipinski definition) is 4. The largest absolute Gasteiger partial charge is 0.481 e. The molecule has 3 nitrogen and oxygen atoms in total. The van der Waals surface area contributed by atoms with Gasteiger partial charge in [0.1, 0.15) is 6.10 Å². The third-order valence-electron chi connectivity index (χ3n) is 3.12. The average molecular weight is 285 g/mol. The molecule has 0 saturated carbocycles. The number of hydrogen-bond donors (Lipinski definition) is 0. The van der Waals surface area contributed by atoms with Gasteiger partial charge in [0.05, 0.1) is 6.26 Å². The number of ether oxygens (including phenoxy) is 1. The van der Waals surface area contributed by atoms with E-state index in [0.717, 1.165) is 23.1 Å². The number of nitrogens with zero attached hydrogens (tertiary/aromatic N) is 1. The Balaban J connectivity index is 1.89. The summed E-state index contributed by atoms with van der Waals surface area (Å²) >= 11 is 1.69. The van der Waals surface area contributed by atoms with Crippen LogP contribution in [0, 0.1) is 0 Å². The second-order valence-electron chi connectivity index (χ2n) is 4.45. The second kappa shape index (κ2) is 5.92. The van der Waals surface area contributed by atoms with Crippen LogP contribution in [0.3, 0.4) is 0 Å². The third kappa shape index (κ3) is 2.60. The van der Waals surface area contributed by atoms with Crippen molar-refractivity contribution in [1.82, 2.24) is 0 Å². The third-order valence-corrected chi connectivity index (χ3v) is 4.09. The smallest absolute Gasteiger partial charge is 0.175 e. The Kier molecular flexibility index (Phi) is 3.83. The van der Waals surface area contributed by atoms with Gasteiger partial charge in [0.25, 0.3) is 0 Å². The van der Waals surface area contributed by atoms with Crippen molar-refractivity contribution in [2.24, 2.45) is 4.99 Å². The summed E-state index contributed by atoms with van der Waals surface area (Å²) in [7, 11) is 0. The monoisotopic (exact) mass is 285 g/mol. The van der Waals surface area contributed by atoms with Crippen LogP contribution in [0.2, 0.25) is 0 Å². The highest BCUT2D eigenvalue weighted by atomic mass is 32.1. The van der Waals surface area contributed by atoms with Crippen molar-refractivity contribution in [2.75, 3.05) is 6.54 Å². The van der Waals surface area contributed by atoms with E-state index in [2.05, 4.69) is 23.2 Å². The lowest BCUT2D eigenvalue weighted by molar-refractivity contribution is 0.202. The van der Waals surface area contributed by atoms with Gasteiger partial charge in [-0.1, -0.05) is 18.2 Å². The molecule has 2 heterocycles. The van der Waals surface area contributed by atoms with Crippen molar-refractivity contribution in [1.29, 1.82) is 0 Å². The van der Waals surface area contributed by atoms with Gasteiger partial charge in [0.15, 0.2) is 11.3 Å². The number of furan rings is 1. The van der Waals surface area contributed by atoms with Crippen molar-refractivity contribution in [2.45, 2.75) is 12.5 Å². The zero-order valence-electron chi connectivity index (χ0n) is 11.0. The summed E-state index contributed by atoms with van der Waals surface area (Å²) in [4.78, 5) is 5.12. The maximum absolute atomic E-state index is 6.16. The van der Waals surface area contributed by atoms with Crippen LogP contribution in [0.15, 0.2) is 57.5 Å². The molecule has 1 unspecified atom stereocenters. The van der Waals surface area contributed by atoms with Crippen LogP contribution in [0.4, 0.5) is 0 Å². The van der Waals surface area contributed by atoms with E-state index in [0.29, 0.717) is 6.54 Å². The normalized spacial score (nSPS) is 12.4. The summed E-state index contributed by atoms with van der Waals surface area (Å²) in [5.74, 6) is 0.773. The van der Waals surface area contributed by atoms with E-state index >= 15 is 0 Å². The number of aliphatic imine (C=N–C) groups is 1. The van der Waals surface area contributed by atoms with E-state index in [9.17, 15) is 0 Å². The molecule has 3 rings (SSSR count). The Bertz CT molecular complexity index is 687. The quantitative estimate of drug-likeness (QED) is 0.615. The number of fused-ring (bicyclic) bond motifs is 1. The van der Waals surface area contributed by atoms with E-state index in [-0.39, 0.29) is 6.10 Å². The van der Waals surface area contributed by atoms with E-state index < -0.39 is 0 Å². The lowest BCUT2D eigenvalue weighted by Crippen LogP contribution is -2.07. The van der Waals surface area contributed by atoms with Crippen molar-refractivity contribution in [3.8, 4) is 5.75 Å². The highest BCUT2D eigenvalue weighted by Gasteiger charge is 2.16. The summed E-state index contributed by atoms with van der Waals surface area (Å²) in [5.41, 5.74) is 0.792. The molecule has 102 valence electrons. The van der Waals surface area contributed by atoms with Crippen LogP contribution < -0.4 is 4.74 Å². The molecule has 0 aliphatic carbocycles. The number of rotatable bonds is 6. The zero-order chi connectivity index (χ0) is 13.8. The van der Waals surface area contributed by atoms with Crippen LogP contribution in [0.1, 0.15) is 17.4 Å². The van der Waals surface area contributed by atoms with Crippen LogP contribution in [-0.4, -0.2) is 13.3 Å². The molecule has 0 bridgehead atoms.